The number of aryl methyl sites for hydroxylation is 1. The lowest BCUT2D eigenvalue weighted by atomic mass is 9.57. The summed E-state index contributed by atoms with van der Waals surface area (Å²) in [5, 5.41) is 10.1. The normalized spacial score (nSPS) is 30.5. The van der Waals surface area contributed by atoms with E-state index in [2.05, 4.69) is 77.6 Å². The summed E-state index contributed by atoms with van der Waals surface area (Å²) in [6.45, 7) is 17.6. The van der Waals surface area contributed by atoms with Gasteiger partial charge in [-0.15, -0.1) is 0 Å². The molecule has 4 unspecified atom stereocenters. The number of benzene rings is 1. The van der Waals surface area contributed by atoms with Crippen LogP contribution in [0, 0.1) is 30.1 Å². The van der Waals surface area contributed by atoms with Gasteiger partial charge in [0.15, 0.2) is 0 Å². The largest absolute Gasteiger partial charge is 0.388 e. The van der Waals surface area contributed by atoms with Gasteiger partial charge in [-0.25, -0.2) is 0 Å². The predicted octanol–water partition coefficient (Wildman–Crippen LogP) is 7.95. The molecule has 0 saturated heterocycles. The molecular weight excluding hydrogens is 404 g/mol. The molecule has 0 radical (unpaired) electrons. The molecule has 3 rings (SSSR count). The molecule has 1 aromatic carbocycles. The van der Waals surface area contributed by atoms with Crippen LogP contribution < -0.4 is 0 Å². The van der Waals surface area contributed by atoms with Gasteiger partial charge in [-0.1, -0.05) is 81.8 Å². The van der Waals surface area contributed by atoms with Crippen LogP contribution in [0.3, 0.4) is 0 Å². The Hall–Kier alpha value is -1.64. The molecule has 2 aliphatic rings. The zero-order valence-electron chi connectivity index (χ0n) is 21.7. The molecule has 1 aromatic rings. The van der Waals surface area contributed by atoms with Gasteiger partial charge in [0, 0.05) is 6.61 Å². The van der Waals surface area contributed by atoms with E-state index in [-0.39, 0.29) is 6.10 Å². The van der Waals surface area contributed by atoms with E-state index < -0.39 is 0 Å². The number of hydrogen-bond acceptors (Lipinski definition) is 2. The summed E-state index contributed by atoms with van der Waals surface area (Å²) >= 11 is 0. The van der Waals surface area contributed by atoms with Gasteiger partial charge in [0.2, 0.25) is 0 Å². The predicted molar refractivity (Wildman–Crippen MR) is 140 cm³/mol. The third-order valence-corrected chi connectivity index (χ3v) is 8.96. The molecule has 0 aliphatic heterocycles. The fourth-order valence-electron chi connectivity index (χ4n) is 5.86. The van der Waals surface area contributed by atoms with Crippen molar-refractivity contribution in [3.63, 3.8) is 0 Å². The van der Waals surface area contributed by atoms with Crippen molar-refractivity contribution >= 4 is 0 Å². The smallest absolute Gasteiger partial charge is 0.0787 e. The van der Waals surface area contributed by atoms with Crippen molar-refractivity contribution in [3.8, 4) is 0 Å². The highest BCUT2D eigenvalue weighted by atomic mass is 16.5. The van der Waals surface area contributed by atoms with Gasteiger partial charge in [0.05, 0.1) is 12.7 Å². The molecule has 2 heteroatoms. The van der Waals surface area contributed by atoms with Gasteiger partial charge < -0.3 is 9.84 Å². The molecule has 2 nitrogen and oxygen atoms in total. The quantitative estimate of drug-likeness (QED) is 0.407. The van der Waals surface area contributed by atoms with Crippen LogP contribution in [-0.4, -0.2) is 17.8 Å². The van der Waals surface area contributed by atoms with Crippen molar-refractivity contribution in [2.45, 2.75) is 92.3 Å². The van der Waals surface area contributed by atoms with Crippen LogP contribution in [0.25, 0.3) is 0 Å². The minimum absolute atomic E-state index is 0.308. The maximum absolute atomic E-state index is 10.1. The molecule has 2 fully saturated rings. The van der Waals surface area contributed by atoms with E-state index in [0.29, 0.717) is 29.8 Å². The highest BCUT2D eigenvalue weighted by molar-refractivity contribution is 5.37. The Balaban J connectivity index is 1.57. The van der Waals surface area contributed by atoms with E-state index in [0.717, 1.165) is 37.9 Å². The number of aliphatic hydroxyl groups excluding tert-OH is 1. The van der Waals surface area contributed by atoms with E-state index in [1.165, 1.54) is 36.0 Å². The van der Waals surface area contributed by atoms with Crippen LogP contribution in [0.1, 0.15) is 83.8 Å². The van der Waals surface area contributed by atoms with Crippen molar-refractivity contribution in [2.75, 3.05) is 6.61 Å². The first-order valence-corrected chi connectivity index (χ1v) is 13.1. The summed E-state index contributed by atoms with van der Waals surface area (Å²) in [6, 6.07) is 8.64. The Morgan fingerprint density at radius 1 is 1.15 bits per heavy atom. The molecule has 0 aromatic heterocycles. The summed E-state index contributed by atoms with van der Waals surface area (Å²) < 4.78 is 6.03. The maximum Gasteiger partial charge on any atom is 0.0787 e. The molecule has 0 bridgehead atoms. The zero-order chi connectivity index (χ0) is 24.0. The van der Waals surface area contributed by atoms with Crippen LogP contribution in [0.5, 0.6) is 0 Å². The number of hydrogen-bond donors (Lipinski definition) is 1. The average molecular weight is 451 g/mol. The summed E-state index contributed by atoms with van der Waals surface area (Å²) in [5.74, 6) is 1.83. The fraction of sp³-hybridized carbons (Fsp3) is 0.613. The molecule has 1 N–H and O–H groups in total. The molecule has 2 saturated carbocycles. The fourth-order valence-corrected chi connectivity index (χ4v) is 5.86. The number of allylic oxidation sites excluding steroid dienone is 3. The first-order chi connectivity index (χ1) is 15.7. The standard InChI is InChI=1S/C31H46O2/c1-22-12-14-27(15-13-22)21-33-20-18-23(2)25(4)31(6)19-8-10-29(26(31)5)17-16-28-9-7-11-30(32)24(28)3/h12-17,23,25-26,30,32H,3,7-11,18-21H2,1-2,4-6H3/b28-16-,29-17+/t23-,25?,26?,30?,31?/m1/s1. The van der Waals surface area contributed by atoms with E-state index in [1.54, 1.807) is 5.57 Å². The minimum atomic E-state index is -0.355. The molecule has 33 heavy (non-hydrogen) atoms. The monoisotopic (exact) mass is 450 g/mol. The van der Waals surface area contributed by atoms with Crippen molar-refractivity contribution in [1.29, 1.82) is 0 Å². The Kier molecular flexibility index (Phi) is 9.18. The lowest BCUT2D eigenvalue weighted by Crippen LogP contribution is -2.39. The Labute approximate surface area is 202 Å². The molecule has 5 atom stereocenters. The lowest BCUT2D eigenvalue weighted by Gasteiger charge is -2.48. The van der Waals surface area contributed by atoms with Gasteiger partial charge in [-0.05, 0) is 91.7 Å². The van der Waals surface area contributed by atoms with Crippen LogP contribution in [0.15, 0.2) is 59.7 Å². The molecule has 2 aliphatic carbocycles. The Morgan fingerprint density at radius 3 is 2.61 bits per heavy atom. The van der Waals surface area contributed by atoms with Gasteiger partial charge in [0.1, 0.15) is 0 Å². The first-order valence-electron chi connectivity index (χ1n) is 13.1. The van der Waals surface area contributed by atoms with E-state index >= 15 is 0 Å². The maximum atomic E-state index is 10.1. The van der Waals surface area contributed by atoms with Crippen molar-refractivity contribution in [2.24, 2.45) is 23.2 Å². The first kappa shape index (κ1) is 26.0. The highest BCUT2D eigenvalue weighted by Gasteiger charge is 2.42. The average Bonchev–Trinajstić information content (AvgIpc) is 2.80. The SMILES string of the molecule is C=C1/C(=C\C=C2/CCCC(C)(C(C)[C@H](C)CCOCc3ccc(C)cc3)C2C)CCCC1O. The Bertz CT molecular complexity index is 846. The molecule has 0 heterocycles. The Morgan fingerprint density at radius 2 is 1.88 bits per heavy atom. The third-order valence-electron chi connectivity index (χ3n) is 8.96. The van der Waals surface area contributed by atoms with Gasteiger partial charge >= 0.3 is 0 Å². The summed E-state index contributed by atoms with van der Waals surface area (Å²) in [7, 11) is 0. The number of rotatable bonds is 8. The molecular formula is C31H46O2. The number of aliphatic hydroxyl groups is 1. The lowest BCUT2D eigenvalue weighted by molar-refractivity contribution is 0.0400. The zero-order valence-corrected chi connectivity index (χ0v) is 21.7. The second kappa shape index (κ2) is 11.7. The summed E-state index contributed by atoms with van der Waals surface area (Å²) in [5.41, 5.74) is 6.60. The second-order valence-electron chi connectivity index (χ2n) is 11.0. The van der Waals surface area contributed by atoms with Crippen LogP contribution in [0.4, 0.5) is 0 Å². The second-order valence-corrected chi connectivity index (χ2v) is 11.0. The summed E-state index contributed by atoms with van der Waals surface area (Å²) in [4.78, 5) is 0. The molecule has 0 spiro atoms. The molecule has 0 amide bonds. The van der Waals surface area contributed by atoms with Gasteiger partial charge in [0.25, 0.3) is 0 Å². The summed E-state index contributed by atoms with van der Waals surface area (Å²) in [6.07, 6.45) is 12.1. The topological polar surface area (TPSA) is 29.5 Å². The van der Waals surface area contributed by atoms with Crippen LogP contribution in [0.2, 0.25) is 0 Å². The van der Waals surface area contributed by atoms with E-state index in [1.807, 2.05) is 0 Å². The van der Waals surface area contributed by atoms with E-state index in [9.17, 15) is 5.11 Å². The van der Waals surface area contributed by atoms with E-state index in [4.69, 9.17) is 4.74 Å². The third kappa shape index (κ3) is 6.49. The number of ether oxygens (including phenoxy) is 1. The van der Waals surface area contributed by atoms with Crippen molar-refractivity contribution < 1.29 is 9.84 Å². The van der Waals surface area contributed by atoms with Crippen molar-refractivity contribution in [1.82, 2.24) is 0 Å². The highest BCUT2D eigenvalue weighted by Crippen LogP contribution is 2.51. The van der Waals surface area contributed by atoms with Gasteiger partial charge in [-0.2, -0.15) is 0 Å². The van der Waals surface area contributed by atoms with Gasteiger partial charge in [-0.3, -0.25) is 0 Å². The van der Waals surface area contributed by atoms with Crippen LogP contribution in [-0.2, 0) is 11.3 Å². The van der Waals surface area contributed by atoms with Crippen LogP contribution >= 0.6 is 0 Å². The minimum Gasteiger partial charge on any atom is -0.388 e. The molecule has 182 valence electrons. The van der Waals surface area contributed by atoms with Crippen molar-refractivity contribution in [3.05, 3.63) is 70.8 Å².